The molecule has 2 heterocycles. The van der Waals surface area contributed by atoms with Crippen LogP contribution in [0.2, 0.25) is 0 Å². The summed E-state index contributed by atoms with van der Waals surface area (Å²) in [6, 6.07) is 5.87. The monoisotopic (exact) mass is 273 g/mol. The third-order valence-electron chi connectivity index (χ3n) is 2.71. The molecular formula is C12H11N5OS. The molecule has 0 bridgehead atoms. The summed E-state index contributed by atoms with van der Waals surface area (Å²) in [5, 5.41) is 14.9. The number of hydrogen-bond donors (Lipinski definition) is 1. The average Bonchev–Trinajstić information content (AvgIpc) is 2.93. The molecule has 0 atom stereocenters. The van der Waals surface area contributed by atoms with E-state index in [4.69, 9.17) is 0 Å². The number of rotatable bonds is 2. The number of carbonyl (C=O) groups excluding carboxylic acids is 1. The van der Waals surface area contributed by atoms with Crippen molar-refractivity contribution in [3.63, 3.8) is 0 Å². The quantitative estimate of drug-likeness (QED) is 0.775. The number of aromatic nitrogens is 4. The first-order valence-corrected chi connectivity index (χ1v) is 6.50. The van der Waals surface area contributed by atoms with Crippen LogP contribution in [0.4, 0.5) is 5.69 Å². The molecular weight excluding hydrogens is 262 g/mol. The Morgan fingerprint density at radius 2 is 2.21 bits per heavy atom. The molecule has 0 unspecified atom stereocenters. The van der Waals surface area contributed by atoms with Crippen LogP contribution in [0.1, 0.15) is 20.9 Å². The van der Waals surface area contributed by atoms with Crippen LogP contribution in [0.15, 0.2) is 24.5 Å². The molecule has 0 aliphatic carbocycles. The zero-order chi connectivity index (χ0) is 13.4. The minimum absolute atomic E-state index is 0.234. The summed E-state index contributed by atoms with van der Waals surface area (Å²) in [6.07, 6.45) is 1.47. The fourth-order valence-electron chi connectivity index (χ4n) is 1.78. The third kappa shape index (κ3) is 2.19. The summed E-state index contributed by atoms with van der Waals surface area (Å²) < 4.78 is 1.49. The van der Waals surface area contributed by atoms with Crippen molar-refractivity contribution < 1.29 is 4.79 Å². The summed E-state index contributed by atoms with van der Waals surface area (Å²) in [4.78, 5) is 12.7. The number of amides is 1. The number of carbonyl (C=O) groups is 1. The Balaban J connectivity index is 1.86. The van der Waals surface area contributed by atoms with Crippen LogP contribution in [0.25, 0.3) is 4.96 Å². The number of nitrogens with one attached hydrogen (secondary N) is 1. The maximum Gasteiger partial charge on any atom is 0.286 e. The van der Waals surface area contributed by atoms with E-state index < -0.39 is 0 Å². The van der Waals surface area contributed by atoms with Crippen molar-refractivity contribution in [2.24, 2.45) is 0 Å². The summed E-state index contributed by atoms with van der Waals surface area (Å²) in [6.45, 7) is 3.97. The number of hydrogen-bond acceptors (Lipinski definition) is 5. The lowest BCUT2D eigenvalue weighted by Crippen LogP contribution is -2.12. The summed E-state index contributed by atoms with van der Waals surface area (Å²) >= 11 is 1.21. The lowest BCUT2D eigenvalue weighted by Gasteiger charge is -2.07. The minimum Gasteiger partial charge on any atom is -0.320 e. The van der Waals surface area contributed by atoms with Gasteiger partial charge in [-0.05, 0) is 25.5 Å². The largest absolute Gasteiger partial charge is 0.320 e. The van der Waals surface area contributed by atoms with E-state index >= 15 is 0 Å². The molecule has 0 aliphatic heterocycles. The Morgan fingerprint density at radius 1 is 1.37 bits per heavy atom. The summed E-state index contributed by atoms with van der Waals surface area (Å²) in [7, 11) is 0. The molecule has 2 aromatic heterocycles. The van der Waals surface area contributed by atoms with Crippen molar-refractivity contribution in [3.05, 3.63) is 40.7 Å². The first-order valence-electron chi connectivity index (χ1n) is 5.69. The molecule has 6 nitrogen and oxygen atoms in total. The molecule has 0 aliphatic rings. The van der Waals surface area contributed by atoms with Crippen molar-refractivity contribution in [1.82, 2.24) is 19.8 Å². The molecule has 0 spiro atoms. The number of nitrogens with zero attached hydrogens (tertiary/aromatic N) is 4. The number of anilines is 1. The van der Waals surface area contributed by atoms with Gasteiger partial charge >= 0.3 is 0 Å². The van der Waals surface area contributed by atoms with E-state index in [9.17, 15) is 4.79 Å². The Kier molecular flexibility index (Phi) is 2.75. The van der Waals surface area contributed by atoms with Gasteiger partial charge in [0.2, 0.25) is 9.97 Å². The molecule has 3 rings (SSSR count). The van der Waals surface area contributed by atoms with Gasteiger partial charge in [-0.15, -0.1) is 15.3 Å². The van der Waals surface area contributed by atoms with Gasteiger partial charge in [0.25, 0.3) is 5.91 Å². The Morgan fingerprint density at radius 3 is 2.95 bits per heavy atom. The van der Waals surface area contributed by atoms with Crippen molar-refractivity contribution in [1.29, 1.82) is 0 Å². The van der Waals surface area contributed by atoms with Crippen LogP contribution in [0.5, 0.6) is 0 Å². The van der Waals surface area contributed by atoms with E-state index in [1.807, 2.05) is 32.0 Å². The van der Waals surface area contributed by atoms with Gasteiger partial charge in [0.1, 0.15) is 6.33 Å². The molecule has 1 aromatic carbocycles. The lowest BCUT2D eigenvalue weighted by atomic mass is 10.1. The predicted octanol–water partition coefficient (Wildman–Crippen LogP) is 2.05. The van der Waals surface area contributed by atoms with Crippen molar-refractivity contribution in [2.75, 3.05) is 5.32 Å². The highest BCUT2D eigenvalue weighted by atomic mass is 32.1. The molecule has 0 saturated carbocycles. The van der Waals surface area contributed by atoms with Crippen LogP contribution in [0, 0.1) is 13.8 Å². The molecule has 96 valence electrons. The van der Waals surface area contributed by atoms with Crippen molar-refractivity contribution in [2.45, 2.75) is 13.8 Å². The molecule has 0 fully saturated rings. The molecule has 7 heteroatoms. The second kappa shape index (κ2) is 4.43. The standard InChI is InChI=1S/C12H11N5OS/c1-7-3-4-9(8(2)5-7)14-10(18)11-16-17-6-13-15-12(17)19-11/h3-6H,1-2H3,(H,14,18). The summed E-state index contributed by atoms with van der Waals surface area (Å²) in [5.41, 5.74) is 2.98. The van der Waals surface area contributed by atoms with Crippen LogP contribution in [-0.4, -0.2) is 25.7 Å². The maximum absolute atomic E-state index is 12.1. The van der Waals surface area contributed by atoms with Gasteiger partial charge in [0.15, 0.2) is 0 Å². The molecule has 0 saturated heterocycles. The van der Waals surface area contributed by atoms with Gasteiger partial charge in [0.05, 0.1) is 0 Å². The van der Waals surface area contributed by atoms with E-state index in [-0.39, 0.29) is 5.91 Å². The van der Waals surface area contributed by atoms with Crippen LogP contribution in [0.3, 0.4) is 0 Å². The van der Waals surface area contributed by atoms with E-state index in [0.717, 1.165) is 16.8 Å². The molecule has 0 radical (unpaired) electrons. The third-order valence-corrected chi connectivity index (χ3v) is 3.62. The van der Waals surface area contributed by atoms with E-state index in [0.29, 0.717) is 9.97 Å². The Hall–Kier alpha value is -2.28. The smallest absolute Gasteiger partial charge is 0.286 e. The summed E-state index contributed by atoms with van der Waals surface area (Å²) in [5.74, 6) is -0.234. The zero-order valence-corrected chi connectivity index (χ0v) is 11.2. The molecule has 19 heavy (non-hydrogen) atoms. The molecule has 3 aromatic rings. The predicted molar refractivity (Wildman–Crippen MR) is 72.5 cm³/mol. The van der Waals surface area contributed by atoms with Crippen molar-refractivity contribution >= 4 is 27.9 Å². The lowest BCUT2D eigenvalue weighted by molar-refractivity contribution is 0.102. The van der Waals surface area contributed by atoms with Crippen molar-refractivity contribution in [3.8, 4) is 0 Å². The topological polar surface area (TPSA) is 72.2 Å². The first-order chi connectivity index (χ1) is 9.13. The van der Waals surface area contributed by atoms with E-state index in [1.165, 1.54) is 22.2 Å². The molecule has 1 N–H and O–H groups in total. The van der Waals surface area contributed by atoms with Gasteiger partial charge in [-0.1, -0.05) is 29.0 Å². The molecule has 1 amide bonds. The fourth-order valence-corrected chi connectivity index (χ4v) is 2.50. The van der Waals surface area contributed by atoms with Crippen LogP contribution >= 0.6 is 11.3 Å². The second-order valence-electron chi connectivity index (χ2n) is 4.24. The van der Waals surface area contributed by atoms with E-state index in [1.54, 1.807) is 0 Å². The van der Waals surface area contributed by atoms with Gasteiger partial charge in [0, 0.05) is 5.69 Å². The normalized spacial score (nSPS) is 10.8. The number of aryl methyl sites for hydroxylation is 2. The highest BCUT2D eigenvalue weighted by Gasteiger charge is 2.14. The SMILES string of the molecule is Cc1ccc(NC(=O)c2nn3cnnc3s2)c(C)c1. The van der Waals surface area contributed by atoms with Gasteiger partial charge < -0.3 is 5.32 Å². The maximum atomic E-state index is 12.1. The van der Waals surface area contributed by atoms with Crippen LogP contribution in [-0.2, 0) is 0 Å². The Bertz CT molecular complexity index is 732. The number of benzene rings is 1. The fraction of sp³-hybridized carbons (Fsp3) is 0.167. The highest BCUT2D eigenvalue weighted by Crippen LogP contribution is 2.18. The van der Waals surface area contributed by atoms with Crippen LogP contribution < -0.4 is 5.32 Å². The minimum atomic E-state index is -0.234. The zero-order valence-electron chi connectivity index (χ0n) is 10.4. The highest BCUT2D eigenvalue weighted by molar-refractivity contribution is 7.18. The Labute approximate surface area is 113 Å². The van der Waals surface area contributed by atoms with Gasteiger partial charge in [-0.2, -0.15) is 4.52 Å². The first kappa shape index (κ1) is 11.8. The number of fused-ring (bicyclic) bond motifs is 1. The van der Waals surface area contributed by atoms with Gasteiger partial charge in [-0.25, -0.2) is 0 Å². The second-order valence-corrected chi connectivity index (χ2v) is 5.19. The average molecular weight is 273 g/mol. The van der Waals surface area contributed by atoms with E-state index in [2.05, 4.69) is 20.6 Å². The van der Waals surface area contributed by atoms with Gasteiger partial charge in [-0.3, -0.25) is 4.79 Å².